The molecular weight excluding hydrogens is 318 g/mol. The molecule has 0 fully saturated rings. The van der Waals surface area contributed by atoms with E-state index < -0.39 is 17.5 Å². The third-order valence-corrected chi connectivity index (χ3v) is 3.33. The lowest BCUT2D eigenvalue weighted by molar-refractivity contribution is 0.0996. The van der Waals surface area contributed by atoms with Gasteiger partial charge in [0.05, 0.1) is 0 Å². The Morgan fingerprint density at radius 2 is 1.96 bits per heavy atom. The summed E-state index contributed by atoms with van der Waals surface area (Å²) in [5.74, 6) is -2.22. The highest BCUT2D eigenvalue weighted by atomic mass is 19.1. The normalized spacial score (nSPS) is 10.6. The molecule has 1 heterocycles. The van der Waals surface area contributed by atoms with Gasteiger partial charge in [-0.25, -0.2) is 8.78 Å². The molecule has 0 saturated carbocycles. The van der Waals surface area contributed by atoms with E-state index in [0.717, 1.165) is 18.2 Å². The van der Waals surface area contributed by atoms with Crippen LogP contribution in [0.3, 0.4) is 0 Å². The summed E-state index contributed by atoms with van der Waals surface area (Å²) >= 11 is 0. The van der Waals surface area contributed by atoms with E-state index in [1.165, 1.54) is 0 Å². The Balaban J connectivity index is 1.91. The molecule has 0 radical (unpaired) electrons. The number of H-pyrrole nitrogens is 1. The van der Waals surface area contributed by atoms with Crippen LogP contribution in [0.5, 0.6) is 5.75 Å². The molecule has 3 N–H and O–H groups in total. The van der Waals surface area contributed by atoms with Gasteiger partial charge in [0.2, 0.25) is 0 Å². The second-order valence-electron chi connectivity index (χ2n) is 4.91. The van der Waals surface area contributed by atoms with Gasteiger partial charge in [-0.3, -0.25) is 4.79 Å². The number of hydrogen-bond acceptors (Lipinski definition) is 4. The first kappa shape index (κ1) is 15.6. The highest BCUT2D eigenvalue weighted by molar-refractivity contribution is 5.97. The number of ether oxygens (including phenoxy) is 1. The predicted molar refractivity (Wildman–Crippen MR) is 81.0 cm³/mol. The van der Waals surface area contributed by atoms with E-state index >= 15 is 0 Å². The van der Waals surface area contributed by atoms with Gasteiger partial charge in [0.15, 0.2) is 17.3 Å². The number of nitrogens with zero attached hydrogens (tertiary/aromatic N) is 2. The number of nitrogens with one attached hydrogen (secondary N) is 1. The van der Waals surface area contributed by atoms with Crippen LogP contribution in [0.4, 0.5) is 8.78 Å². The first-order chi connectivity index (χ1) is 11.6. The topological polar surface area (TPSA) is 93.9 Å². The van der Waals surface area contributed by atoms with E-state index in [1.807, 2.05) is 0 Å². The van der Waals surface area contributed by atoms with Crippen LogP contribution in [0.25, 0.3) is 11.3 Å². The molecule has 122 valence electrons. The molecule has 0 aliphatic heterocycles. The summed E-state index contributed by atoms with van der Waals surface area (Å²) in [5, 5.41) is 9.99. The monoisotopic (exact) mass is 330 g/mol. The number of hydrogen-bond donors (Lipinski definition) is 2. The van der Waals surface area contributed by atoms with Crippen molar-refractivity contribution in [3.63, 3.8) is 0 Å². The summed E-state index contributed by atoms with van der Waals surface area (Å²) in [4.78, 5) is 11.4. The van der Waals surface area contributed by atoms with Crippen LogP contribution < -0.4 is 10.5 Å². The molecule has 3 aromatic rings. The van der Waals surface area contributed by atoms with E-state index in [-0.39, 0.29) is 23.7 Å². The number of nitrogens with two attached hydrogens (primary N) is 1. The fraction of sp³-hybridized carbons (Fsp3) is 0.0625. The van der Waals surface area contributed by atoms with Crippen LogP contribution in [0.1, 0.15) is 16.1 Å². The fourth-order valence-corrected chi connectivity index (χ4v) is 2.21. The summed E-state index contributed by atoms with van der Waals surface area (Å²) in [5.41, 5.74) is 6.68. The van der Waals surface area contributed by atoms with Gasteiger partial charge in [-0.15, -0.1) is 0 Å². The van der Waals surface area contributed by atoms with E-state index in [2.05, 4.69) is 15.4 Å². The number of halogens is 2. The van der Waals surface area contributed by atoms with Gasteiger partial charge >= 0.3 is 0 Å². The average Bonchev–Trinajstić information content (AvgIpc) is 3.06. The Hall–Kier alpha value is -3.29. The lowest BCUT2D eigenvalue weighted by Crippen LogP contribution is -2.13. The highest BCUT2D eigenvalue weighted by Gasteiger charge is 2.18. The Labute approximate surface area is 135 Å². The molecule has 8 heteroatoms. The zero-order chi connectivity index (χ0) is 17.1. The van der Waals surface area contributed by atoms with E-state index in [1.54, 1.807) is 24.3 Å². The van der Waals surface area contributed by atoms with Crippen molar-refractivity contribution in [2.45, 2.75) is 6.61 Å². The van der Waals surface area contributed by atoms with Crippen LogP contribution >= 0.6 is 0 Å². The lowest BCUT2D eigenvalue weighted by atomic mass is 10.0. The standard InChI is InChI=1S/C16H12F2N4O2/c17-10-5-6-12(18)13(7-10)24-8-9-3-1-2-4-11(9)14-15(16(19)23)21-22-20-14/h1-7H,8H2,(H2,19,23)(H,20,21,22). The zero-order valence-corrected chi connectivity index (χ0v) is 12.3. The Morgan fingerprint density at radius 1 is 1.17 bits per heavy atom. The molecule has 0 atom stereocenters. The van der Waals surface area contributed by atoms with Gasteiger partial charge in [-0.05, 0) is 17.7 Å². The number of benzene rings is 2. The quantitative estimate of drug-likeness (QED) is 0.751. The molecule has 0 bridgehead atoms. The van der Waals surface area contributed by atoms with Gasteiger partial charge in [-0.1, -0.05) is 24.3 Å². The number of carbonyl (C=O) groups excluding carboxylic acids is 1. The summed E-state index contributed by atoms with van der Waals surface area (Å²) in [6.45, 7) is -0.0540. The first-order valence-corrected chi connectivity index (χ1v) is 6.93. The molecule has 1 amide bonds. The van der Waals surface area contributed by atoms with Gasteiger partial charge in [0.1, 0.15) is 18.1 Å². The summed E-state index contributed by atoms with van der Waals surface area (Å²) in [7, 11) is 0. The second-order valence-corrected chi connectivity index (χ2v) is 4.91. The number of primary amides is 1. The van der Waals surface area contributed by atoms with Crippen molar-refractivity contribution < 1.29 is 18.3 Å². The molecule has 0 spiro atoms. The highest BCUT2D eigenvalue weighted by Crippen LogP contribution is 2.26. The molecule has 24 heavy (non-hydrogen) atoms. The summed E-state index contributed by atoms with van der Waals surface area (Å²) < 4.78 is 32.2. The Bertz CT molecular complexity index is 895. The van der Waals surface area contributed by atoms with Gasteiger partial charge < -0.3 is 10.5 Å². The van der Waals surface area contributed by atoms with Crippen molar-refractivity contribution >= 4 is 5.91 Å². The van der Waals surface area contributed by atoms with Crippen LogP contribution in [0.2, 0.25) is 0 Å². The summed E-state index contributed by atoms with van der Waals surface area (Å²) in [6.07, 6.45) is 0. The third kappa shape index (κ3) is 3.07. The van der Waals surface area contributed by atoms with Crippen LogP contribution in [0, 0.1) is 11.6 Å². The van der Waals surface area contributed by atoms with Crippen molar-refractivity contribution in [3.05, 3.63) is 65.4 Å². The number of aromatic amines is 1. The van der Waals surface area contributed by atoms with Crippen LogP contribution in [0.15, 0.2) is 42.5 Å². The predicted octanol–water partition coefficient (Wildman–Crippen LogP) is 2.43. The average molecular weight is 330 g/mol. The number of carbonyl (C=O) groups is 1. The van der Waals surface area contributed by atoms with Crippen molar-refractivity contribution in [1.29, 1.82) is 0 Å². The number of amides is 1. The first-order valence-electron chi connectivity index (χ1n) is 6.93. The van der Waals surface area contributed by atoms with Crippen molar-refractivity contribution in [3.8, 4) is 17.0 Å². The van der Waals surface area contributed by atoms with Crippen molar-refractivity contribution in [2.75, 3.05) is 0 Å². The van der Waals surface area contributed by atoms with E-state index in [4.69, 9.17) is 10.5 Å². The molecule has 0 aliphatic rings. The zero-order valence-electron chi connectivity index (χ0n) is 12.3. The smallest absolute Gasteiger partial charge is 0.271 e. The minimum atomic E-state index is -0.731. The lowest BCUT2D eigenvalue weighted by Gasteiger charge is -2.10. The molecule has 1 aromatic heterocycles. The maximum absolute atomic E-state index is 13.6. The number of rotatable bonds is 5. The fourth-order valence-electron chi connectivity index (χ4n) is 2.21. The maximum atomic E-state index is 13.6. The number of aromatic nitrogens is 3. The van der Waals surface area contributed by atoms with Crippen molar-refractivity contribution in [2.24, 2.45) is 5.73 Å². The van der Waals surface area contributed by atoms with Gasteiger partial charge in [-0.2, -0.15) is 15.4 Å². The SMILES string of the molecule is NC(=O)c1n[nH]nc1-c1ccccc1COc1cc(F)ccc1F. The second kappa shape index (κ2) is 6.45. The van der Waals surface area contributed by atoms with Gasteiger partial charge in [0.25, 0.3) is 5.91 Å². The molecule has 0 aliphatic carbocycles. The van der Waals surface area contributed by atoms with Crippen LogP contribution in [-0.4, -0.2) is 21.3 Å². The van der Waals surface area contributed by atoms with Gasteiger partial charge in [0, 0.05) is 11.6 Å². The molecular formula is C16H12F2N4O2. The molecule has 6 nitrogen and oxygen atoms in total. The van der Waals surface area contributed by atoms with Crippen molar-refractivity contribution in [1.82, 2.24) is 15.4 Å². The largest absolute Gasteiger partial charge is 0.486 e. The minimum Gasteiger partial charge on any atom is -0.486 e. The third-order valence-electron chi connectivity index (χ3n) is 3.33. The molecule has 2 aromatic carbocycles. The molecule has 0 unspecified atom stereocenters. The Morgan fingerprint density at radius 3 is 2.75 bits per heavy atom. The van der Waals surface area contributed by atoms with Crippen LogP contribution in [-0.2, 0) is 6.61 Å². The Kier molecular flexibility index (Phi) is 4.19. The van der Waals surface area contributed by atoms with E-state index in [0.29, 0.717) is 11.1 Å². The summed E-state index contributed by atoms with van der Waals surface area (Å²) in [6, 6.07) is 9.85. The molecule has 3 rings (SSSR count). The van der Waals surface area contributed by atoms with E-state index in [9.17, 15) is 13.6 Å². The molecule has 0 saturated heterocycles. The maximum Gasteiger partial charge on any atom is 0.271 e. The minimum absolute atomic E-state index is 0.0145.